The Labute approximate surface area is 101 Å². The van der Waals surface area contributed by atoms with Gasteiger partial charge in [0.1, 0.15) is 0 Å². The number of nitrogens with one attached hydrogen (secondary N) is 1. The molecular formula is C11H19N3OS. The van der Waals surface area contributed by atoms with Gasteiger partial charge in [-0.05, 0) is 32.1 Å². The van der Waals surface area contributed by atoms with Crippen LogP contribution in [-0.2, 0) is 0 Å². The van der Waals surface area contributed by atoms with E-state index in [1.54, 1.807) is 0 Å². The molecule has 0 radical (unpaired) electrons. The molecule has 0 aliphatic carbocycles. The van der Waals surface area contributed by atoms with Gasteiger partial charge >= 0.3 is 0 Å². The fraction of sp³-hybridized carbons (Fsp3) is 0.818. The van der Waals surface area contributed by atoms with E-state index in [0.29, 0.717) is 5.25 Å². The van der Waals surface area contributed by atoms with Crippen LogP contribution in [0.15, 0.2) is 4.42 Å². The number of aromatic nitrogens is 2. The van der Waals surface area contributed by atoms with E-state index in [1.165, 1.54) is 25.0 Å². The second kappa shape index (κ2) is 5.68. The summed E-state index contributed by atoms with van der Waals surface area (Å²) in [6.45, 7) is 2.11. The SMILES string of the molecule is CCC(NC)c1nnc(C2CCCCS2)o1. The van der Waals surface area contributed by atoms with Gasteiger partial charge in [0.05, 0.1) is 11.3 Å². The molecule has 0 saturated carbocycles. The Balaban J connectivity index is 2.05. The zero-order chi connectivity index (χ0) is 11.4. The van der Waals surface area contributed by atoms with E-state index in [9.17, 15) is 0 Å². The highest BCUT2D eigenvalue weighted by molar-refractivity contribution is 7.99. The molecule has 2 heterocycles. The molecule has 1 saturated heterocycles. The van der Waals surface area contributed by atoms with Gasteiger partial charge in [-0.2, -0.15) is 0 Å². The number of thioether (sulfide) groups is 1. The van der Waals surface area contributed by atoms with Crippen molar-refractivity contribution in [1.29, 1.82) is 0 Å². The van der Waals surface area contributed by atoms with E-state index in [2.05, 4.69) is 22.4 Å². The van der Waals surface area contributed by atoms with Gasteiger partial charge in [0.25, 0.3) is 0 Å². The normalized spacial score (nSPS) is 23.2. The Morgan fingerprint density at radius 1 is 1.50 bits per heavy atom. The first-order valence-electron chi connectivity index (χ1n) is 5.97. The van der Waals surface area contributed by atoms with Crippen molar-refractivity contribution in [3.63, 3.8) is 0 Å². The van der Waals surface area contributed by atoms with Crippen LogP contribution >= 0.6 is 11.8 Å². The summed E-state index contributed by atoms with van der Waals surface area (Å²) in [6, 6.07) is 0.190. The van der Waals surface area contributed by atoms with Crippen LogP contribution in [0.3, 0.4) is 0 Å². The average molecular weight is 241 g/mol. The first-order valence-corrected chi connectivity index (χ1v) is 7.02. The minimum atomic E-state index is 0.190. The van der Waals surface area contributed by atoms with Crippen molar-refractivity contribution in [2.75, 3.05) is 12.8 Å². The van der Waals surface area contributed by atoms with Gasteiger partial charge in [-0.3, -0.25) is 0 Å². The summed E-state index contributed by atoms with van der Waals surface area (Å²) in [5.74, 6) is 2.76. The molecule has 1 aliphatic heterocycles. The zero-order valence-corrected chi connectivity index (χ0v) is 10.7. The largest absolute Gasteiger partial charge is 0.422 e. The summed E-state index contributed by atoms with van der Waals surface area (Å²) in [4.78, 5) is 0. The molecule has 1 N–H and O–H groups in total. The third kappa shape index (κ3) is 2.58. The van der Waals surface area contributed by atoms with Crippen LogP contribution in [0.5, 0.6) is 0 Å². The second-order valence-corrected chi connectivity index (χ2v) is 5.39. The predicted octanol–water partition coefficient (Wildman–Crippen LogP) is 2.70. The Kier molecular flexibility index (Phi) is 4.23. The Morgan fingerprint density at radius 2 is 2.38 bits per heavy atom. The molecule has 0 amide bonds. The Morgan fingerprint density at radius 3 is 3.00 bits per heavy atom. The van der Waals surface area contributed by atoms with Gasteiger partial charge in [0, 0.05) is 0 Å². The minimum absolute atomic E-state index is 0.190. The summed E-state index contributed by atoms with van der Waals surface area (Å²) < 4.78 is 5.76. The first-order chi connectivity index (χ1) is 7.85. The summed E-state index contributed by atoms with van der Waals surface area (Å²) in [5.41, 5.74) is 0. The molecule has 2 unspecified atom stereocenters. The van der Waals surface area contributed by atoms with Crippen molar-refractivity contribution in [3.05, 3.63) is 11.8 Å². The maximum absolute atomic E-state index is 5.76. The Hall–Kier alpha value is -0.550. The van der Waals surface area contributed by atoms with E-state index < -0.39 is 0 Å². The van der Waals surface area contributed by atoms with Gasteiger partial charge in [0.2, 0.25) is 11.8 Å². The molecule has 0 aromatic carbocycles. The van der Waals surface area contributed by atoms with E-state index in [-0.39, 0.29) is 6.04 Å². The second-order valence-electron chi connectivity index (χ2n) is 4.08. The third-order valence-corrected chi connectivity index (χ3v) is 4.33. The molecule has 0 spiro atoms. The van der Waals surface area contributed by atoms with Crippen molar-refractivity contribution < 1.29 is 4.42 Å². The third-order valence-electron chi connectivity index (χ3n) is 2.97. The molecule has 1 aliphatic rings. The van der Waals surface area contributed by atoms with E-state index >= 15 is 0 Å². The lowest BCUT2D eigenvalue weighted by Crippen LogP contribution is -2.15. The van der Waals surface area contributed by atoms with Crippen LogP contribution < -0.4 is 5.32 Å². The molecule has 1 aromatic heterocycles. The van der Waals surface area contributed by atoms with Crippen LogP contribution in [0.2, 0.25) is 0 Å². The average Bonchev–Trinajstić information content (AvgIpc) is 2.81. The fourth-order valence-electron chi connectivity index (χ4n) is 1.96. The molecular weight excluding hydrogens is 222 g/mol. The summed E-state index contributed by atoms with van der Waals surface area (Å²) in [7, 11) is 1.92. The maximum Gasteiger partial charge on any atom is 0.233 e. The van der Waals surface area contributed by atoms with Crippen molar-refractivity contribution in [3.8, 4) is 0 Å². The van der Waals surface area contributed by atoms with Crippen LogP contribution in [0.1, 0.15) is 55.7 Å². The smallest absolute Gasteiger partial charge is 0.233 e. The molecule has 2 rings (SSSR count). The molecule has 5 heteroatoms. The highest BCUT2D eigenvalue weighted by Crippen LogP contribution is 2.37. The molecule has 0 bridgehead atoms. The van der Waals surface area contributed by atoms with Gasteiger partial charge in [0.15, 0.2) is 0 Å². The van der Waals surface area contributed by atoms with Crippen molar-refractivity contribution in [2.24, 2.45) is 0 Å². The van der Waals surface area contributed by atoms with Gasteiger partial charge in [-0.15, -0.1) is 22.0 Å². The quantitative estimate of drug-likeness (QED) is 0.878. The number of nitrogens with zero attached hydrogens (tertiary/aromatic N) is 2. The number of hydrogen-bond acceptors (Lipinski definition) is 5. The van der Waals surface area contributed by atoms with Crippen molar-refractivity contribution in [2.45, 2.75) is 43.9 Å². The van der Waals surface area contributed by atoms with Crippen LogP contribution in [0.4, 0.5) is 0 Å². The molecule has 4 nitrogen and oxygen atoms in total. The zero-order valence-electron chi connectivity index (χ0n) is 9.90. The summed E-state index contributed by atoms with van der Waals surface area (Å²) in [5, 5.41) is 11.9. The van der Waals surface area contributed by atoms with E-state index in [4.69, 9.17) is 4.42 Å². The van der Waals surface area contributed by atoms with Crippen molar-refractivity contribution >= 4 is 11.8 Å². The standard InChI is InChI=1S/C11H19N3OS/c1-3-8(12-2)10-13-14-11(15-10)9-6-4-5-7-16-9/h8-9,12H,3-7H2,1-2H3. The predicted molar refractivity (Wildman–Crippen MR) is 65.4 cm³/mol. The lowest BCUT2D eigenvalue weighted by molar-refractivity contribution is 0.380. The van der Waals surface area contributed by atoms with E-state index in [1.807, 2.05) is 18.8 Å². The first kappa shape index (κ1) is 11.9. The summed E-state index contributed by atoms with van der Waals surface area (Å²) in [6.07, 6.45) is 4.73. The van der Waals surface area contributed by atoms with E-state index in [0.717, 1.165) is 18.2 Å². The van der Waals surface area contributed by atoms with Gasteiger partial charge < -0.3 is 9.73 Å². The molecule has 16 heavy (non-hydrogen) atoms. The van der Waals surface area contributed by atoms with Crippen LogP contribution in [-0.4, -0.2) is 23.0 Å². The number of hydrogen-bond donors (Lipinski definition) is 1. The fourth-order valence-corrected chi connectivity index (χ4v) is 3.18. The monoisotopic (exact) mass is 241 g/mol. The van der Waals surface area contributed by atoms with Crippen LogP contribution in [0, 0.1) is 0 Å². The Bertz CT molecular complexity index is 319. The van der Waals surface area contributed by atoms with Gasteiger partial charge in [-0.1, -0.05) is 13.3 Å². The molecule has 1 aromatic rings. The number of rotatable bonds is 4. The molecule has 90 valence electrons. The van der Waals surface area contributed by atoms with Crippen molar-refractivity contribution in [1.82, 2.24) is 15.5 Å². The minimum Gasteiger partial charge on any atom is -0.422 e. The lowest BCUT2D eigenvalue weighted by atomic mass is 10.2. The van der Waals surface area contributed by atoms with Gasteiger partial charge in [-0.25, -0.2) is 0 Å². The van der Waals surface area contributed by atoms with Crippen LogP contribution in [0.25, 0.3) is 0 Å². The lowest BCUT2D eigenvalue weighted by Gasteiger charge is -2.17. The molecule has 2 atom stereocenters. The highest BCUT2D eigenvalue weighted by Gasteiger charge is 2.23. The maximum atomic E-state index is 5.76. The topological polar surface area (TPSA) is 51.0 Å². The summed E-state index contributed by atoms with van der Waals surface area (Å²) >= 11 is 1.94. The highest BCUT2D eigenvalue weighted by atomic mass is 32.2. The molecule has 1 fully saturated rings.